The van der Waals surface area contributed by atoms with E-state index in [-0.39, 0.29) is 5.91 Å². The third-order valence-corrected chi connectivity index (χ3v) is 3.77. The van der Waals surface area contributed by atoms with Crippen LogP contribution in [-0.4, -0.2) is 58.7 Å². The number of anilines is 1. The van der Waals surface area contributed by atoms with Crippen molar-refractivity contribution >= 4 is 11.6 Å². The summed E-state index contributed by atoms with van der Waals surface area (Å²) >= 11 is 0. The molecule has 0 spiro atoms. The number of carbonyl (C=O) groups excluding carboxylic acids is 1. The number of nitrogen functional groups attached to an aromatic ring is 1. The molecule has 1 fully saturated rings. The molecule has 106 valence electrons. The number of aryl methyl sites for hydroxylation is 2. The summed E-state index contributed by atoms with van der Waals surface area (Å²) in [6.07, 6.45) is 2.54. The molecule has 1 saturated heterocycles. The Morgan fingerprint density at radius 1 is 1.42 bits per heavy atom. The molecule has 19 heavy (non-hydrogen) atoms. The van der Waals surface area contributed by atoms with E-state index < -0.39 is 0 Å². The number of amides is 1. The Morgan fingerprint density at radius 3 is 2.58 bits per heavy atom. The quantitative estimate of drug-likeness (QED) is 0.860. The van der Waals surface area contributed by atoms with E-state index in [2.05, 4.69) is 10.00 Å². The van der Waals surface area contributed by atoms with Gasteiger partial charge in [0.2, 0.25) is 0 Å². The molecule has 1 aliphatic heterocycles. The first-order valence-corrected chi connectivity index (χ1v) is 6.77. The average molecular weight is 265 g/mol. The Kier molecular flexibility index (Phi) is 4.09. The Hall–Kier alpha value is -1.56. The van der Waals surface area contributed by atoms with Crippen molar-refractivity contribution in [3.63, 3.8) is 0 Å². The SMILES string of the molecule is Cc1nn(C)c(C(=O)N(C)CCN2CCCC2)c1N. The second kappa shape index (κ2) is 5.61. The van der Waals surface area contributed by atoms with Gasteiger partial charge in [0.05, 0.1) is 11.4 Å². The van der Waals surface area contributed by atoms with Crippen molar-refractivity contribution in [2.24, 2.45) is 7.05 Å². The second-order valence-corrected chi connectivity index (χ2v) is 5.25. The zero-order valence-electron chi connectivity index (χ0n) is 12.0. The van der Waals surface area contributed by atoms with Gasteiger partial charge in [0.25, 0.3) is 5.91 Å². The fourth-order valence-corrected chi connectivity index (χ4v) is 2.51. The van der Waals surface area contributed by atoms with Crippen LogP contribution in [-0.2, 0) is 7.05 Å². The molecule has 2 rings (SSSR count). The van der Waals surface area contributed by atoms with Gasteiger partial charge in [-0.1, -0.05) is 0 Å². The zero-order valence-corrected chi connectivity index (χ0v) is 12.0. The van der Waals surface area contributed by atoms with Crippen molar-refractivity contribution in [1.82, 2.24) is 19.6 Å². The lowest BCUT2D eigenvalue weighted by atomic mass is 10.2. The van der Waals surface area contributed by atoms with Crippen molar-refractivity contribution in [3.8, 4) is 0 Å². The molecule has 0 radical (unpaired) electrons. The molecule has 6 heteroatoms. The first-order valence-electron chi connectivity index (χ1n) is 6.77. The molecule has 1 aliphatic rings. The summed E-state index contributed by atoms with van der Waals surface area (Å²) in [7, 11) is 3.57. The van der Waals surface area contributed by atoms with Crippen molar-refractivity contribution in [2.75, 3.05) is 39.0 Å². The summed E-state index contributed by atoms with van der Waals surface area (Å²) in [6, 6.07) is 0. The van der Waals surface area contributed by atoms with Gasteiger partial charge in [-0.25, -0.2) is 0 Å². The summed E-state index contributed by atoms with van der Waals surface area (Å²) in [5.74, 6) is -0.0557. The fraction of sp³-hybridized carbons (Fsp3) is 0.692. The lowest BCUT2D eigenvalue weighted by Crippen LogP contribution is -2.36. The molecule has 0 aromatic carbocycles. The molecule has 1 aromatic rings. The van der Waals surface area contributed by atoms with E-state index in [9.17, 15) is 4.79 Å². The molecule has 6 nitrogen and oxygen atoms in total. The van der Waals surface area contributed by atoms with Gasteiger partial charge in [0.15, 0.2) is 0 Å². The maximum Gasteiger partial charge on any atom is 0.274 e. The standard InChI is InChI=1S/C13H23N5O/c1-10-11(14)12(17(3)15-10)13(19)16(2)8-9-18-6-4-5-7-18/h4-9,14H2,1-3H3. The van der Waals surface area contributed by atoms with Crippen LogP contribution in [0.2, 0.25) is 0 Å². The largest absolute Gasteiger partial charge is 0.395 e. The monoisotopic (exact) mass is 265 g/mol. The summed E-state index contributed by atoms with van der Waals surface area (Å²) in [5, 5.41) is 4.19. The van der Waals surface area contributed by atoms with E-state index >= 15 is 0 Å². The summed E-state index contributed by atoms with van der Waals surface area (Å²) in [5.41, 5.74) is 7.60. The Labute approximate surface area is 114 Å². The number of hydrogen-bond acceptors (Lipinski definition) is 4. The lowest BCUT2D eigenvalue weighted by Gasteiger charge is -2.21. The normalized spacial score (nSPS) is 15.9. The van der Waals surface area contributed by atoms with Crippen LogP contribution in [0.4, 0.5) is 5.69 Å². The molecule has 0 saturated carbocycles. The minimum absolute atomic E-state index is 0.0557. The van der Waals surface area contributed by atoms with Gasteiger partial charge in [-0.3, -0.25) is 9.48 Å². The first kappa shape index (κ1) is 13.9. The highest BCUT2D eigenvalue weighted by atomic mass is 16.2. The number of aromatic nitrogens is 2. The predicted octanol–water partition coefficient (Wildman–Crippen LogP) is 0.479. The van der Waals surface area contributed by atoms with E-state index in [1.165, 1.54) is 12.8 Å². The second-order valence-electron chi connectivity index (χ2n) is 5.25. The van der Waals surface area contributed by atoms with E-state index in [1.54, 1.807) is 16.6 Å². The molecule has 2 N–H and O–H groups in total. The molecule has 0 bridgehead atoms. The van der Waals surface area contributed by atoms with Crippen molar-refractivity contribution in [2.45, 2.75) is 19.8 Å². The molecular formula is C13H23N5O. The van der Waals surface area contributed by atoms with E-state index in [1.807, 2.05) is 14.0 Å². The summed E-state index contributed by atoms with van der Waals surface area (Å²) in [6.45, 7) is 5.77. The molecule has 0 unspecified atom stereocenters. The van der Waals surface area contributed by atoms with Gasteiger partial charge in [-0.15, -0.1) is 0 Å². The number of nitrogens with two attached hydrogens (primary N) is 1. The number of likely N-dealkylation sites (N-methyl/N-ethyl adjacent to an activating group) is 1. The van der Waals surface area contributed by atoms with Gasteiger partial charge in [-0.2, -0.15) is 5.10 Å². The van der Waals surface area contributed by atoms with Crippen molar-refractivity contribution < 1.29 is 4.79 Å². The summed E-state index contributed by atoms with van der Waals surface area (Å²) < 4.78 is 1.57. The Bertz CT molecular complexity index is 462. The molecule has 1 aromatic heterocycles. The van der Waals surface area contributed by atoms with Gasteiger partial charge in [0, 0.05) is 27.2 Å². The Morgan fingerprint density at radius 2 is 2.05 bits per heavy atom. The highest BCUT2D eigenvalue weighted by Gasteiger charge is 2.22. The smallest absolute Gasteiger partial charge is 0.274 e. The van der Waals surface area contributed by atoms with Crippen LogP contribution in [0.15, 0.2) is 0 Å². The Balaban J connectivity index is 1.98. The molecular weight excluding hydrogens is 242 g/mol. The summed E-state index contributed by atoms with van der Waals surface area (Å²) in [4.78, 5) is 16.5. The zero-order chi connectivity index (χ0) is 14.0. The van der Waals surface area contributed by atoms with Crippen LogP contribution in [0.25, 0.3) is 0 Å². The number of carbonyl (C=O) groups is 1. The lowest BCUT2D eigenvalue weighted by molar-refractivity contribution is 0.0772. The van der Waals surface area contributed by atoms with Gasteiger partial charge >= 0.3 is 0 Å². The number of rotatable bonds is 4. The highest BCUT2D eigenvalue weighted by molar-refractivity contribution is 5.97. The van der Waals surface area contributed by atoms with Crippen LogP contribution < -0.4 is 5.73 Å². The van der Waals surface area contributed by atoms with Crippen LogP contribution >= 0.6 is 0 Å². The number of hydrogen-bond donors (Lipinski definition) is 1. The van der Waals surface area contributed by atoms with Gasteiger partial charge < -0.3 is 15.5 Å². The maximum absolute atomic E-state index is 12.4. The molecule has 1 amide bonds. The van der Waals surface area contributed by atoms with Crippen molar-refractivity contribution in [3.05, 3.63) is 11.4 Å². The van der Waals surface area contributed by atoms with Crippen LogP contribution in [0, 0.1) is 6.92 Å². The van der Waals surface area contributed by atoms with Crippen LogP contribution in [0.3, 0.4) is 0 Å². The maximum atomic E-state index is 12.4. The first-order chi connectivity index (χ1) is 9.00. The average Bonchev–Trinajstić information content (AvgIpc) is 2.96. The highest BCUT2D eigenvalue weighted by Crippen LogP contribution is 2.17. The fourth-order valence-electron chi connectivity index (χ4n) is 2.51. The topological polar surface area (TPSA) is 67.4 Å². The van der Waals surface area contributed by atoms with E-state index in [0.717, 1.165) is 26.2 Å². The third kappa shape index (κ3) is 2.89. The minimum atomic E-state index is -0.0557. The molecule has 0 aliphatic carbocycles. The number of likely N-dealkylation sites (tertiary alicyclic amines) is 1. The predicted molar refractivity (Wildman–Crippen MR) is 75.0 cm³/mol. The third-order valence-electron chi connectivity index (χ3n) is 3.77. The number of nitrogens with zero attached hydrogens (tertiary/aromatic N) is 4. The molecule has 0 atom stereocenters. The van der Waals surface area contributed by atoms with Crippen molar-refractivity contribution in [1.29, 1.82) is 0 Å². The van der Waals surface area contributed by atoms with E-state index in [0.29, 0.717) is 17.1 Å². The van der Waals surface area contributed by atoms with Gasteiger partial charge in [-0.05, 0) is 32.9 Å². The minimum Gasteiger partial charge on any atom is -0.395 e. The molecule has 2 heterocycles. The van der Waals surface area contributed by atoms with Gasteiger partial charge in [0.1, 0.15) is 5.69 Å². The van der Waals surface area contributed by atoms with Crippen LogP contribution in [0.1, 0.15) is 29.0 Å². The van der Waals surface area contributed by atoms with Crippen LogP contribution in [0.5, 0.6) is 0 Å². The van der Waals surface area contributed by atoms with E-state index in [4.69, 9.17) is 5.73 Å².